The highest BCUT2D eigenvalue weighted by Crippen LogP contribution is 2.33. The van der Waals surface area contributed by atoms with E-state index in [1.54, 1.807) is 42.7 Å². The van der Waals surface area contributed by atoms with Crippen molar-refractivity contribution >= 4 is 38.8 Å². The van der Waals surface area contributed by atoms with Crippen molar-refractivity contribution in [2.24, 2.45) is 0 Å². The number of anilines is 1. The van der Waals surface area contributed by atoms with Gasteiger partial charge in [0, 0.05) is 49.7 Å². The summed E-state index contributed by atoms with van der Waals surface area (Å²) in [7, 11) is -1.78. The van der Waals surface area contributed by atoms with Crippen LogP contribution in [0.15, 0.2) is 59.8 Å². The summed E-state index contributed by atoms with van der Waals surface area (Å²) in [5.74, 6) is 0. The number of carbonyl (C=O) groups is 1. The van der Waals surface area contributed by atoms with Gasteiger partial charge in [-0.2, -0.15) is 0 Å². The van der Waals surface area contributed by atoms with E-state index in [1.165, 1.54) is 3.97 Å². The maximum atomic E-state index is 13.7. The first-order valence-electron chi connectivity index (χ1n) is 11.0. The molecule has 0 spiro atoms. The average Bonchev–Trinajstić information content (AvgIpc) is 3.46. The average molecular weight is 467 g/mol. The van der Waals surface area contributed by atoms with Crippen LogP contribution in [0.3, 0.4) is 0 Å². The van der Waals surface area contributed by atoms with Crippen LogP contribution in [0.1, 0.15) is 18.4 Å². The molecule has 0 radical (unpaired) electrons. The van der Waals surface area contributed by atoms with Gasteiger partial charge in [-0.25, -0.2) is 12.4 Å². The zero-order chi connectivity index (χ0) is 23.0. The predicted octanol–water partition coefficient (Wildman–Crippen LogP) is 2.74. The molecule has 1 fully saturated rings. The summed E-state index contributed by atoms with van der Waals surface area (Å²) in [6.07, 6.45) is 6.95. The Morgan fingerprint density at radius 1 is 1.18 bits per heavy atom. The van der Waals surface area contributed by atoms with Crippen molar-refractivity contribution < 1.29 is 17.9 Å². The number of ether oxygens (including phenoxy) is 1. The van der Waals surface area contributed by atoms with Crippen LogP contribution in [0, 0.1) is 0 Å². The number of likely N-dealkylation sites (N-methyl/N-ethyl adjacent to an activating group) is 1. The molecule has 2 aromatic heterocycles. The van der Waals surface area contributed by atoms with Crippen molar-refractivity contribution in [3.05, 3.63) is 60.4 Å². The molecule has 0 bridgehead atoms. The summed E-state index contributed by atoms with van der Waals surface area (Å²) in [6.45, 7) is 3.47. The van der Waals surface area contributed by atoms with E-state index in [0.29, 0.717) is 30.6 Å². The minimum absolute atomic E-state index is 0.174. The van der Waals surface area contributed by atoms with Gasteiger partial charge in [-0.3, -0.25) is 9.78 Å². The molecule has 9 heteroatoms. The fourth-order valence-corrected chi connectivity index (χ4v) is 5.98. The van der Waals surface area contributed by atoms with Gasteiger partial charge in [-0.1, -0.05) is 12.1 Å². The molecule has 0 N–H and O–H groups in total. The number of rotatable bonds is 6. The lowest BCUT2D eigenvalue weighted by atomic mass is 10.0. The maximum absolute atomic E-state index is 13.7. The van der Waals surface area contributed by atoms with Crippen LogP contribution in [0.2, 0.25) is 0 Å². The molecular formula is C24H26N4O4S. The van der Waals surface area contributed by atoms with E-state index in [-0.39, 0.29) is 11.0 Å². The summed E-state index contributed by atoms with van der Waals surface area (Å²) in [4.78, 5) is 19.6. The van der Waals surface area contributed by atoms with Crippen LogP contribution in [0.4, 0.5) is 5.69 Å². The molecule has 5 rings (SSSR count). The summed E-state index contributed by atoms with van der Waals surface area (Å²) < 4.78 is 33.9. The van der Waals surface area contributed by atoms with Crippen LogP contribution in [0.5, 0.6) is 0 Å². The Labute approximate surface area is 193 Å². The number of hydrogen-bond donors (Lipinski definition) is 0. The lowest BCUT2D eigenvalue weighted by Gasteiger charge is -2.21. The van der Waals surface area contributed by atoms with Gasteiger partial charge in [0.15, 0.2) is 0 Å². The van der Waals surface area contributed by atoms with Crippen LogP contribution >= 0.6 is 0 Å². The third-order valence-corrected chi connectivity index (χ3v) is 8.09. The lowest BCUT2D eigenvalue weighted by molar-refractivity contribution is -0.132. The van der Waals surface area contributed by atoms with E-state index in [4.69, 9.17) is 4.74 Å². The summed E-state index contributed by atoms with van der Waals surface area (Å²) in [5.41, 5.74) is 4.05. The van der Waals surface area contributed by atoms with Crippen molar-refractivity contribution in [1.29, 1.82) is 0 Å². The first-order valence-corrected chi connectivity index (χ1v) is 12.4. The molecule has 1 unspecified atom stereocenters. The van der Waals surface area contributed by atoms with Crippen molar-refractivity contribution in [2.45, 2.75) is 23.8 Å². The van der Waals surface area contributed by atoms with Gasteiger partial charge in [0.2, 0.25) is 0 Å². The first kappa shape index (κ1) is 21.7. The van der Waals surface area contributed by atoms with Gasteiger partial charge in [-0.15, -0.1) is 0 Å². The SMILES string of the molecule is CN1CC=C(c2cn(S(=O)(=O)c3cccc(N4CCC(OC=O)C4)c3)c3cccnc23)CC1. The lowest BCUT2D eigenvalue weighted by Crippen LogP contribution is -2.23. The van der Waals surface area contributed by atoms with Crippen molar-refractivity contribution in [3.8, 4) is 0 Å². The monoisotopic (exact) mass is 466 g/mol. The van der Waals surface area contributed by atoms with E-state index < -0.39 is 10.0 Å². The van der Waals surface area contributed by atoms with Gasteiger partial charge < -0.3 is 14.5 Å². The largest absolute Gasteiger partial charge is 0.463 e. The molecule has 0 amide bonds. The second-order valence-corrected chi connectivity index (χ2v) is 10.4. The van der Waals surface area contributed by atoms with E-state index in [9.17, 15) is 13.2 Å². The molecule has 1 saturated heterocycles. The molecule has 3 aromatic rings. The molecule has 8 nitrogen and oxygen atoms in total. The zero-order valence-electron chi connectivity index (χ0n) is 18.4. The van der Waals surface area contributed by atoms with Gasteiger partial charge in [0.25, 0.3) is 16.5 Å². The third kappa shape index (κ3) is 4.02. The van der Waals surface area contributed by atoms with Gasteiger partial charge >= 0.3 is 0 Å². The smallest absolute Gasteiger partial charge is 0.293 e. The van der Waals surface area contributed by atoms with E-state index in [1.807, 2.05) is 11.0 Å². The standard InChI is InChI=1S/C24H26N4O4S/c1-26-11-7-18(8-12-26)22-16-28(23-6-3-10-25-24(22)23)33(30,31)21-5-2-4-19(14-21)27-13-9-20(15-27)32-17-29/h2-7,10,14,16-17,20H,8-9,11-13,15H2,1H3. The van der Waals surface area contributed by atoms with Gasteiger partial charge in [0.05, 0.1) is 22.5 Å². The summed E-state index contributed by atoms with van der Waals surface area (Å²) in [6, 6.07) is 10.5. The van der Waals surface area contributed by atoms with E-state index in [0.717, 1.165) is 42.8 Å². The van der Waals surface area contributed by atoms with Crippen molar-refractivity contribution in [1.82, 2.24) is 13.9 Å². The highest BCUT2D eigenvalue weighted by atomic mass is 32.2. The van der Waals surface area contributed by atoms with E-state index >= 15 is 0 Å². The minimum Gasteiger partial charge on any atom is -0.463 e. The molecule has 4 heterocycles. The Bertz CT molecular complexity index is 1330. The van der Waals surface area contributed by atoms with E-state index in [2.05, 4.69) is 23.0 Å². The number of fused-ring (bicyclic) bond motifs is 1. The Kier molecular flexibility index (Phi) is 5.67. The van der Waals surface area contributed by atoms with Crippen molar-refractivity contribution in [3.63, 3.8) is 0 Å². The Balaban J connectivity index is 1.54. The molecule has 2 aliphatic rings. The molecule has 1 atom stereocenters. The molecule has 0 saturated carbocycles. The van der Waals surface area contributed by atoms with Crippen LogP contribution in [-0.4, -0.2) is 68.1 Å². The second kappa shape index (κ2) is 8.64. The Hall–Kier alpha value is -3.17. The second-order valence-electron chi connectivity index (χ2n) is 8.54. The number of hydrogen-bond acceptors (Lipinski definition) is 7. The molecule has 172 valence electrons. The first-order chi connectivity index (χ1) is 16.0. The zero-order valence-corrected chi connectivity index (χ0v) is 19.2. The number of aromatic nitrogens is 2. The topological polar surface area (TPSA) is 84.7 Å². The van der Waals surface area contributed by atoms with Gasteiger partial charge in [-0.05, 0) is 49.4 Å². The molecule has 0 aliphatic carbocycles. The summed E-state index contributed by atoms with van der Waals surface area (Å²) >= 11 is 0. The number of carbonyl (C=O) groups excluding carboxylic acids is 1. The molecular weight excluding hydrogens is 440 g/mol. The highest BCUT2D eigenvalue weighted by molar-refractivity contribution is 7.90. The summed E-state index contributed by atoms with van der Waals surface area (Å²) in [5, 5.41) is 0. The number of benzene rings is 1. The third-order valence-electron chi connectivity index (χ3n) is 6.42. The highest BCUT2D eigenvalue weighted by Gasteiger charge is 2.27. The molecule has 33 heavy (non-hydrogen) atoms. The number of nitrogens with zero attached hydrogens (tertiary/aromatic N) is 4. The molecule has 1 aromatic carbocycles. The van der Waals surface area contributed by atoms with Gasteiger partial charge in [0.1, 0.15) is 6.10 Å². The fraction of sp³-hybridized carbons (Fsp3) is 0.333. The van der Waals surface area contributed by atoms with Crippen LogP contribution in [0.25, 0.3) is 16.6 Å². The minimum atomic E-state index is -3.85. The Morgan fingerprint density at radius 2 is 2.06 bits per heavy atom. The maximum Gasteiger partial charge on any atom is 0.293 e. The van der Waals surface area contributed by atoms with Crippen LogP contribution < -0.4 is 4.90 Å². The fourth-order valence-electron chi connectivity index (χ4n) is 4.59. The number of pyridine rings is 1. The quantitative estimate of drug-likeness (QED) is 0.517. The molecule has 2 aliphatic heterocycles. The Morgan fingerprint density at radius 3 is 2.85 bits per heavy atom. The predicted molar refractivity (Wildman–Crippen MR) is 127 cm³/mol. The normalized spacial score (nSPS) is 19.6. The van der Waals surface area contributed by atoms with Crippen LogP contribution in [-0.2, 0) is 19.6 Å². The van der Waals surface area contributed by atoms with Crippen molar-refractivity contribution in [2.75, 3.05) is 38.1 Å².